The molecule has 0 aromatic heterocycles. The molecule has 0 fully saturated rings. The van der Waals surface area contributed by atoms with E-state index in [0.29, 0.717) is 24.2 Å². The Morgan fingerprint density at radius 2 is 0.944 bits per heavy atom. The third-order valence-electron chi connectivity index (χ3n) is 6.23. The maximum Gasteiger partial charge on any atom is 0.127 e. The summed E-state index contributed by atoms with van der Waals surface area (Å²) < 4.78 is 0. The Morgan fingerprint density at radius 1 is 0.556 bits per heavy atom. The molecule has 0 heterocycles. The van der Waals surface area contributed by atoms with E-state index < -0.39 is 0 Å². The molecule has 0 radical (unpaired) electrons. The number of phenolic OH excluding ortho intramolecular Hbond substituents is 2. The molecular formula is C32H32N2O2. The summed E-state index contributed by atoms with van der Waals surface area (Å²) in [5.41, 5.74) is 7.55. The van der Waals surface area contributed by atoms with E-state index in [2.05, 4.69) is 34.3 Å². The highest BCUT2D eigenvalue weighted by molar-refractivity contribution is 5.88. The summed E-state index contributed by atoms with van der Waals surface area (Å²) in [5.74, 6) is 0.554. The monoisotopic (exact) mass is 476 g/mol. The molecule has 0 aliphatic carbocycles. The minimum atomic E-state index is 0.277. The number of rotatable bonds is 9. The molecule has 0 saturated heterocycles. The van der Waals surface area contributed by atoms with Gasteiger partial charge >= 0.3 is 0 Å². The van der Waals surface area contributed by atoms with Crippen LogP contribution >= 0.6 is 0 Å². The first kappa shape index (κ1) is 24.9. The molecule has 4 nitrogen and oxygen atoms in total. The number of nitrogens with zero attached hydrogens (tertiary/aromatic N) is 2. The van der Waals surface area contributed by atoms with E-state index in [0.717, 1.165) is 46.2 Å². The lowest BCUT2D eigenvalue weighted by atomic mass is 9.98. The lowest BCUT2D eigenvalue weighted by Gasteiger charge is -2.10. The summed E-state index contributed by atoms with van der Waals surface area (Å²) in [6.07, 6.45) is 4.92. The van der Waals surface area contributed by atoms with Crippen molar-refractivity contribution in [1.29, 1.82) is 0 Å². The molecule has 2 N–H and O–H groups in total. The second kappa shape index (κ2) is 12.0. The number of hydrogen-bond donors (Lipinski definition) is 2. The Balaban J connectivity index is 1.47. The van der Waals surface area contributed by atoms with Gasteiger partial charge in [-0.25, -0.2) is 0 Å². The van der Waals surface area contributed by atoms with Crippen molar-refractivity contribution in [1.82, 2.24) is 0 Å². The number of aliphatic imine (C=N–C) groups is 2. The Bertz CT molecular complexity index is 1250. The fourth-order valence-corrected chi connectivity index (χ4v) is 4.21. The van der Waals surface area contributed by atoms with Gasteiger partial charge in [-0.3, -0.25) is 9.98 Å². The average Bonchev–Trinajstić information content (AvgIpc) is 2.93. The fourth-order valence-electron chi connectivity index (χ4n) is 4.21. The fraction of sp³-hybridized carbons (Fsp3) is 0.188. The van der Waals surface area contributed by atoms with Crippen LogP contribution < -0.4 is 0 Å². The predicted molar refractivity (Wildman–Crippen MR) is 151 cm³/mol. The first-order valence-electron chi connectivity index (χ1n) is 12.4. The number of phenols is 2. The zero-order valence-corrected chi connectivity index (χ0v) is 20.9. The van der Waals surface area contributed by atoms with Crippen LogP contribution in [0.1, 0.15) is 36.1 Å². The van der Waals surface area contributed by atoms with Gasteiger partial charge in [0.15, 0.2) is 0 Å². The van der Waals surface area contributed by atoms with Gasteiger partial charge in [-0.05, 0) is 70.5 Å². The average molecular weight is 477 g/mol. The number of hydrogen-bond acceptors (Lipinski definition) is 4. The van der Waals surface area contributed by atoms with Crippen molar-refractivity contribution in [3.63, 3.8) is 0 Å². The molecule has 0 aliphatic heterocycles. The summed E-state index contributed by atoms with van der Waals surface area (Å²) in [4.78, 5) is 9.01. The van der Waals surface area contributed by atoms with Crippen LogP contribution in [-0.4, -0.2) is 35.7 Å². The Kier molecular flexibility index (Phi) is 8.30. The molecule has 4 aromatic rings. The minimum absolute atomic E-state index is 0.277. The maximum atomic E-state index is 10.7. The lowest BCUT2D eigenvalue weighted by molar-refractivity contribution is 0.467. The summed E-state index contributed by atoms with van der Waals surface area (Å²) in [7, 11) is 0. The van der Waals surface area contributed by atoms with Crippen LogP contribution in [0.2, 0.25) is 0 Å². The number of aryl methyl sites for hydroxylation is 2. The topological polar surface area (TPSA) is 65.2 Å². The summed E-state index contributed by atoms with van der Waals surface area (Å²) in [6, 6.07) is 28.3. The summed E-state index contributed by atoms with van der Waals surface area (Å²) in [6.45, 7) is 5.02. The van der Waals surface area contributed by atoms with Gasteiger partial charge in [0, 0.05) is 23.6 Å². The second-order valence-electron chi connectivity index (χ2n) is 8.66. The molecule has 4 rings (SSSR count). The van der Waals surface area contributed by atoms with Gasteiger partial charge in [-0.2, -0.15) is 0 Å². The highest BCUT2D eigenvalue weighted by Crippen LogP contribution is 2.31. The summed E-state index contributed by atoms with van der Waals surface area (Å²) in [5, 5.41) is 21.3. The van der Waals surface area contributed by atoms with Crippen molar-refractivity contribution >= 4 is 12.4 Å². The van der Waals surface area contributed by atoms with Crippen LogP contribution in [-0.2, 0) is 12.8 Å². The number of aromatic hydroxyl groups is 2. The van der Waals surface area contributed by atoms with Gasteiger partial charge in [-0.1, -0.05) is 74.5 Å². The summed E-state index contributed by atoms with van der Waals surface area (Å²) >= 11 is 0. The van der Waals surface area contributed by atoms with E-state index >= 15 is 0 Å². The van der Waals surface area contributed by atoms with Gasteiger partial charge in [0.25, 0.3) is 0 Å². The zero-order valence-electron chi connectivity index (χ0n) is 20.9. The SMILES string of the molecule is CCc1cc(-c2ccccc2)cc(C=NCCN=Cc2cc(-c3ccccc3)cc(CC)c2O)c1O. The molecule has 0 amide bonds. The van der Waals surface area contributed by atoms with Crippen LogP contribution in [0, 0.1) is 0 Å². The van der Waals surface area contributed by atoms with Crippen molar-refractivity contribution in [2.24, 2.45) is 9.98 Å². The van der Waals surface area contributed by atoms with E-state index in [1.807, 2.05) is 74.5 Å². The molecule has 0 unspecified atom stereocenters. The van der Waals surface area contributed by atoms with Crippen molar-refractivity contribution in [2.75, 3.05) is 13.1 Å². The van der Waals surface area contributed by atoms with Crippen molar-refractivity contribution in [3.8, 4) is 33.8 Å². The molecular weight excluding hydrogens is 444 g/mol. The highest BCUT2D eigenvalue weighted by Gasteiger charge is 2.10. The molecule has 4 aromatic carbocycles. The predicted octanol–water partition coefficient (Wildman–Crippen LogP) is 7.09. The van der Waals surface area contributed by atoms with Crippen LogP contribution in [0.3, 0.4) is 0 Å². The minimum Gasteiger partial charge on any atom is -0.507 e. The molecule has 4 heteroatoms. The third-order valence-corrected chi connectivity index (χ3v) is 6.23. The number of benzene rings is 4. The maximum absolute atomic E-state index is 10.7. The molecule has 0 saturated carbocycles. The van der Waals surface area contributed by atoms with Crippen LogP contribution in [0.25, 0.3) is 22.3 Å². The highest BCUT2D eigenvalue weighted by atomic mass is 16.3. The molecule has 182 valence electrons. The van der Waals surface area contributed by atoms with E-state index in [1.54, 1.807) is 12.4 Å². The van der Waals surface area contributed by atoms with Crippen LogP contribution in [0.5, 0.6) is 11.5 Å². The standard InChI is InChI=1S/C32H32N2O2/c1-3-23-17-27(25-11-7-5-8-12-25)19-29(31(23)35)21-33-15-16-34-22-30-20-28(18-24(4-2)32(30)36)26-13-9-6-10-14-26/h5-14,17-22,35-36H,3-4,15-16H2,1-2H3. The molecule has 0 aliphatic rings. The molecule has 36 heavy (non-hydrogen) atoms. The van der Waals surface area contributed by atoms with Crippen molar-refractivity contribution in [3.05, 3.63) is 107 Å². The normalized spacial score (nSPS) is 11.5. The smallest absolute Gasteiger partial charge is 0.127 e. The van der Waals surface area contributed by atoms with E-state index in [9.17, 15) is 10.2 Å². The molecule has 0 bridgehead atoms. The van der Waals surface area contributed by atoms with Crippen LogP contribution in [0.15, 0.2) is 94.9 Å². The van der Waals surface area contributed by atoms with Crippen molar-refractivity contribution < 1.29 is 10.2 Å². The van der Waals surface area contributed by atoms with Crippen LogP contribution in [0.4, 0.5) is 0 Å². The van der Waals surface area contributed by atoms with Gasteiger partial charge in [0.1, 0.15) is 11.5 Å². The quantitative estimate of drug-likeness (QED) is 0.200. The zero-order chi connectivity index (χ0) is 25.3. The largest absolute Gasteiger partial charge is 0.507 e. The first-order chi connectivity index (χ1) is 17.6. The van der Waals surface area contributed by atoms with Gasteiger partial charge < -0.3 is 10.2 Å². The third kappa shape index (κ3) is 5.89. The van der Waals surface area contributed by atoms with Gasteiger partial charge in [-0.15, -0.1) is 0 Å². The van der Waals surface area contributed by atoms with E-state index in [-0.39, 0.29) is 11.5 Å². The molecule has 0 spiro atoms. The molecule has 0 atom stereocenters. The van der Waals surface area contributed by atoms with Crippen molar-refractivity contribution in [2.45, 2.75) is 26.7 Å². The lowest BCUT2D eigenvalue weighted by Crippen LogP contribution is -1.95. The van der Waals surface area contributed by atoms with E-state index in [1.165, 1.54) is 0 Å². The second-order valence-corrected chi connectivity index (χ2v) is 8.66. The Morgan fingerprint density at radius 3 is 1.31 bits per heavy atom. The van der Waals surface area contributed by atoms with Gasteiger partial charge in [0.2, 0.25) is 0 Å². The first-order valence-corrected chi connectivity index (χ1v) is 12.4. The Hall–Kier alpha value is -4.18. The van der Waals surface area contributed by atoms with Gasteiger partial charge in [0.05, 0.1) is 13.1 Å². The van der Waals surface area contributed by atoms with E-state index in [4.69, 9.17) is 0 Å². The Labute approximate surface area is 213 Å².